The maximum absolute atomic E-state index is 3.89. The van der Waals surface area contributed by atoms with Crippen LogP contribution in [0.1, 0.15) is 67.2 Å². The summed E-state index contributed by atoms with van der Waals surface area (Å²) in [4.78, 5) is 0. The zero-order chi connectivity index (χ0) is 13.5. The lowest BCUT2D eigenvalue weighted by Gasteiger charge is -2.44. The van der Waals surface area contributed by atoms with Gasteiger partial charge in [-0.25, -0.2) is 0 Å². The van der Waals surface area contributed by atoms with Crippen LogP contribution in [0.4, 0.5) is 0 Å². The van der Waals surface area contributed by atoms with Crippen LogP contribution < -0.4 is 5.32 Å². The lowest BCUT2D eigenvalue weighted by Crippen LogP contribution is -2.45. The van der Waals surface area contributed by atoms with E-state index >= 15 is 0 Å². The molecule has 1 heterocycles. The van der Waals surface area contributed by atoms with Crippen LogP contribution >= 0.6 is 0 Å². The van der Waals surface area contributed by atoms with Crippen LogP contribution in [0.3, 0.4) is 0 Å². The third-order valence-corrected chi connectivity index (χ3v) is 5.11. The number of fused-ring (bicyclic) bond motifs is 2. The van der Waals surface area contributed by atoms with Crippen LogP contribution in [0.2, 0.25) is 0 Å². The standard InChI is InChI=1S/C17H31N/c1-11-7-8-12(2)15-10-14(9-11)13(3)16(18-15)17(4,5)6/h11-12,14-15,18H,7-10H2,1-6H3. The minimum absolute atomic E-state index is 0.267. The van der Waals surface area contributed by atoms with Gasteiger partial charge in [-0.15, -0.1) is 0 Å². The van der Waals surface area contributed by atoms with E-state index in [4.69, 9.17) is 0 Å². The topological polar surface area (TPSA) is 12.0 Å². The molecule has 1 aliphatic heterocycles. The molecule has 0 radical (unpaired) electrons. The van der Waals surface area contributed by atoms with Gasteiger partial charge in [-0.2, -0.15) is 0 Å². The molecule has 0 aromatic heterocycles. The summed E-state index contributed by atoms with van der Waals surface area (Å²) >= 11 is 0. The van der Waals surface area contributed by atoms with Gasteiger partial charge in [0.2, 0.25) is 0 Å². The van der Waals surface area contributed by atoms with Gasteiger partial charge in [0.15, 0.2) is 0 Å². The summed E-state index contributed by atoms with van der Waals surface area (Å²) in [5.41, 5.74) is 3.44. The van der Waals surface area contributed by atoms with Crippen molar-refractivity contribution in [3.8, 4) is 0 Å². The summed E-state index contributed by atoms with van der Waals surface area (Å²) in [6.07, 6.45) is 5.56. The summed E-state index contributed by atoms with van der Waals surface area (Å²) in [5, 5.41) is 3.89. The highest BCUT2D eigenvalue weighted by Gasteiger charge is 2.35. The molecule has 1 heteroatoms. The monoisotopic (exact) mass is 249 g/mol. The summed E-state index contributed by atoms with van der Waals surface area (Å²) < 4.78 is 0. The minimum atomic E-state index is 0.267. The quantitative estimate of drug-likeness (QED) is 0.654. The van der Waals surface area contributed by atoms with E-state index in [1.165, 1.54) is 31.4 Å². The maximum atomic E-state index is 3.89. The Bertz CT molecular complexity index is 334. The molecule has 104 valence electrons. The van der Waals surface area contributed by atoms with E-state index in [1.807, 2.05) is 0 Å². The van der Waals surface area contributed by atoms with Crippen molar-refractivity contribution >= 4 is 0 Å². The molecule has 0 spiro atoms. The van der Waals surface area contributed by atoms with E-state index in [0.717, 1.165) is 17.8 Å². The Morgan fingerprint density at radius 2 is 1.72 bits per heavy atom. The number of nitrogens with one attached hydrogen (secondary N) is 1. The zero-order valence-corrected chi connectivity index (χ0v) is 13.1. The van der Waals surface area contributed by atoms with E-state index in [1.54, 1.807) is 5.57 Å². The van der Waals surface area contributed by atoms with Crippen LogP contribution in [0.25, 0.3) is 0 Å². The molecule has 0 aromatic rings. The molecular weight excluding hydrogens is 218 g/mol. The van der Waals surface area contributed by atoms with Crippen molar-refractivity contribution in [1.82, 2.24) is 5.32 Å². The maximum Gasteiger partial charge on any atom is 0.0289 e. The lowest BCUT2D eigenvalue weighted by atomic mass is 9.71. The highest BCUT2D eigenvalue weighted by atomic mass is 15.0. The van der Waals surface area contributed by atoms with Crippen molar-refractivity contribution < 1.29 is 0 Å². The second kappa shape index (κ2) is 4.90. The van der Waals surface area contributed by atoms with Gasteiger partial charge in [0.1, 0.15) is 0 Å². The Morgan fingerprint density at radius 1 is 1.06 bits per heavy atom. The van der Waals surface area contributed by atoms with Gasteiger partial charge in [-0.3, -0.25) is 0 Å². The molecule has 1 saturated carbocycles. The Labute approximate surface area is 113 Å². The fraction of sp³-hybridized carbons (Fsp3) is 0.882. The van der Waals surface area contributed by atoms with Crippen molar-refractivity contribution in [2.24, 2.45) is 23.2 Å². The average molecular weight is 249 g/mol. The van der Waals surface area contributed by atoms with Crippen molar-refractivity contribution in [2.45, 2.75) is 73.3 Å². The van der Waals surface area contributed by atoms with E-state index in [0.29, 0.717) is 6.04 Å². The first-order chi connectivity index (χ1) is 8.29. The number of rotatable bonds is 0. The molecule has 2 aliphatic rings. The smallest absolute Gasteiger partial charge is 0.0289 e. The van der Waals surface area contributed by atoms with E-state index < -0.39 is 0 Å². The van der Waals surface area contributed by atoms with Crippen LogP contribution in [0, 0.1) is 23.2 Å². The minimum Gasteiger partial charge on any atom is -0.385 e. The largest absolute Gasteiger partial charge is 0.385 e. The van der Waals surface area contributed by atoms with Crippen LogP contribution in [-0.2, 0) is 0 Å². The van der Waals surface area contributed by atoms with Gasteiger partial charge >= 0.3 is 0 Å². The van der Waals surface area contributed by atoms with E-state index in [2.05, 4.69) is 46.9 Å². The molecule has 4 atom stereocenters. The molecule has 0 amide bonds. The molecule has 1 fully saturated rings. The van der Waals surface area contributed by atoms with Crippen molar-refractivity contribution in [3.63, 3.8) is 0 Å². The molecular formula is C17H31N. The third-order valence-electron chi connectivity index (χ3n) is 5.11. The lowest BCUT2D eigenvalue weighted by molar-refractivity contribution is 0.213. The number of hydrogen-bond acceptors (Lipinski definition) is 1. The fourth-order valence-electron chi connectivity index (χ4n) is 3.85. The van der Waals surface area contributed by atoms with Gasteiger partial charge < -0.3 is 5.32 Å². The summed E-state index contributed by atoms with van der Waals surface area (Å²) in [6, 6.07) is 0.709. The van der Waals surface area contributed by atoms with Gasteiger partial charge in [-0.1, -0.05) is 46.6 Å². The molecule has 0 saturated heterocycles. The SMILES string of the molecule is CC1=C(C(C)(C)C)NC2CC1CC(C)CCC2C. The van der Waals surface area contributed by atoms with Gasteiger partial charge in [-0.05, 0) is 43.9 Å². The Kier molecular flexibility index (Phi) is 3.80. The van der Waals surface area contributed by atoms with Crippen molar-refractivity contribution in [3.05, 3.63) is 11.3 Å². The summed E-state index contributed by atoms with van der Waals surface area (Å²) in [6.45, 7) is 14.3. The van der Waals surface area contributed by atoms with E-state index in [9.17, 15) is 0 Å². The highest BCUT2D eigenvalue weighted by molar-refractivity contribution is 5.24. The molecule has 4 unspecified atom stereocenters. The summed E-state index contributed by atoms with van der Waals surface area (Å²) in [7, 11) is 0. The average Bonchev–Trinajstić information content (AvgIpc) is 2.25. The molecule has 0 aromatic carbocycles. The van der Waals surface area contributed by atoms with Crippen molar-refractivity contribution in [1.29, 1.82) is 0 Å². The van der Waals surface area contributed by atoms with Crippen molar-refractivity contribution in [2.75, 3.05) is 0 Å². The first-order valence-corrected chi connectivity index (χ1v) is 7.76. The molecule has 18 heavy (non-hydrogen) atoms. The Hall–Kier alpha value is -0.460. The molecule has 2 rings (SSSR count). The first-order valence-electron chi connectivity index (χ1n) is 7.76. The zero-order valence-electron chi connectivity index (χ0n) is 13.1. The van der Waals surface area contributed by atoms with Crippen LogP contribution in [0.5, 0.6) is 0 Å². The Balaban J connectivity index is 2.32. The Morgan fingerprint density at radius 3 is 2.33 bits per heavy atom. The predicted molar refractivity (Wildman–Crippen MR) is 79.4 cm³/mol. The molecule has 2 bridgehead atoms. The number of allylic oxidation sites excluding steroid dienone is 2. The molecule has 1 N–H and O–H groups in total. The van der Waals surface area contributed by atoms with Gasteiger partial charge in [0.05, 0.1) is 0 Å². The normalized spacial score (nSPS) is 37.9. The van der Waals surface area contributed by atoms with Crippen LogP contribution in [0.15, 0.2) is 11.3 Å². The second-order valence-electron chi connectivity index (χ2n) is 7.89. The van der Waals surface area contributed by atoms with E-state index in [-0.39, 0.29) is 5.41 Å². The fourth-order valence-corrected chi connectivity index (χ4v) is 3.85. The second-order valence-corrected chi connectivity index (χ2v) is 7.89. The van der Waals surface area contributed by atoms with Gasteiger partial charge in [0.25, 0.3) is 0 Å². The molecule has 1 aliphatic carbocycles. The van der Waals surface area contributed by atoms with Gasteiger partial charge in [0, 0.05) is 17.2 Å². The third kappa shape index (κ3) is 2.75. The number of hydrogen-bond donors (Lipinski definition) is 1. The predicted octanol–water partition coefficient (Wildman–Crippen LogP) is 4.74. The summed E-state index contributed by atoms with van der Waals surface area (Å²) in [5.74, 6) is 2.54. The van der Waals surface area contributed by atoms with Crippen LogP contribution in [-0.4, -0.2) is 6.04 Å². The first kappa shape index (κ1) is 14.0. The highest BCUT2D eigenvalue weighted by Crippen LogP contribution is 2.41. The molecule has 1 nitrogen and oxygen atoms in total.